The molecule has 2 rings (SSSR count). The number of carboxylic acids is 1. The van der Waals surface area contributed by atoms with Crippen LogP contribution >= 0.6 is 0 Å². The van der Waals surface area contributed by atoms with Gasteiger partial charge in [-0.3, -0.25) is 0 Å². The zero-order chi connectivity index (χ0) is 18.8. The van der Waals surface area contributed by atoms with Crippen LogP contribution in [0.25, 0.3) is 0 Å². The smallest absolute Gasteiger partial charge is 0.326 e. The third-order valence-electron chi connectivity index (χ3n) is 3.97. The van der Waals surface area contributed by atoms with Crippen LogP contribution in [0.5, 0.6) is 5.75 Å². The van der Waals surface area contributed by atoms with Gasteiger partial charge in [-0.05, 0) is 36.1 Å². The van der Waals surface area contributed by atoms with Crippen molar-refractivity contribution in [2.45, 2.75) is 25.3 Å². The highest BCUT2D eigenvalue weighted by atomic mass is 16.5. The average molecular weight is 356 g/mol. The largest absolute Gasteiger partial charge is 0.497 e. The van der Waals surface area contributed by atoms with Crippen molar-refractivity contribution in [2.75, 3.05) is 13.7 Å². The van der Waals surface area contributed by atoms with E-state index in [4.69, 9.17) is 4.74 Å². The summed E-state index contributed by atoms with van der Waals surface area (Å²) < 4.78 is 5.08. The van der Waals surface area contributed by atoms with E-state index in [1.54, 1.807) is 31.4 Å². The van der Waals surface area contributed by atoms with Gasteiger partial charge >= 0.3 is 12.0 Å². The molecule has 0 spiro atoms. The maximum atomic E-state index is 12.0. The maximum absolute atomic E-state index is 12.0. The van der Waals surface area contributed by atoms with Gasteiger partial charge in [-0.2, -0.15) is 0 Å². The van der Waals surface area contributed by atoms with E-state index in [1.807, 2.05) is 30.3 Å². The molecule has 3 N–H and O–H groups in total. The molecule has 6 nitrogen and oxygen atoms in total. The molecule has 138 valence electrons. The summed E-state index contributed by atoms with van der Waals surface area (Å²) >= 11 is 0. The highest BCUT2D eigenvalue weighted by molar-refractivity contribution is 5.82. The van der Waals surface area contributed by atoms with Gasteiger partial charge < -0.3 is 20.5 Å². The molecule has 0 unspecified atom stereocenters. The Kier molecular flexibility index (Phi) is 7.49. The van der Waals surface area contributed by atoms with Crippen molar-refractivity contribution in [2.24, 2.45) is 0 Å². The predicted molar refractivity (Wildman–Crippen MR) is 99.4 cm³/mol. The van der Waals surface area contributed by atoms with Gasteiger partial charge in [0.15, 0.2) is 0 Å². The first-order chi connectivity index (χ1) is 12.6. The fraction of sp³-hybridized carbons (Fsp3) is 0.300. The molecular weight excluding hydrogens is 332 g/mol. The first-order valence-corrected chi connectivity index (χ1v) is 8.52. The summed E-state index contributed by atoms with van der Waals surface area (Å²) in [5, 5.41) is 14.6. The molecule has 26 heavy (non-hydrogen) atoms. The molecule has 0 aliphatic carbocycles. The van der Waals surface area contributed by atoms with Crippen LogP contribution in [0.2, 0.25) is 0 Å². The number of hydrogen-bond donors (Lipinski definition) is 3. The van der Waals surface area contributed by atoms with Crippen molar-refractivity contribution >= 4 is 12.0 Å². The highest BCUT2D eigenvalue weighted by Crippen LogP contribution is 2.12. The van der Waals surface area contributed by atoms with Crippen LogP contribution in [0.15, 0.2) is 54.6 Å². The molecule has 0 radical (unpaired) electrons. The SMILES string of the molecule is COc1ccc(C[C@H](NC(=O)NCCCc2ccccc2)C(=O)O)cc1. The number of nitrogens with one attached hydrogen (secondary N) is 2. The Morgan fingerprint density at radius 1 is 1.04 bits per heavy atom. The Labute approximate surface area is 153 Å². The van der Waals surface area contributed by atoms with E-state index >= 15 is 0 Å². The van der Waals surface area contributed by atoms with E-state index in [2.05, 4.69) is 10.6 Å². The Morgan fingerprint density at radius 2 is 1.73 bits per heavy atom. The molecule has 0 fully saturated rings. The number of hydrogen-bond acceptors (Lipinski definition) is 3. The van der Waals surface area contributed by atoms with Crippen LogP contribution in [0.4, 0.5) is 4.79 Å². The van der Waals surface area contributed by atoms with Crippen molar-refractivity contribution in [1.82, 2.24) is 10.6 Å². The lowest BCUT2D eigenvalue weighted by Crippen LogP contribution is -2.47. The summed E-state index contributed by atoms with van der Waals surface area (Å²) in [6, 6.07) is 15.6. The van der Waals surface area contributed by atoms with Gasteiger partial charge in [0, 0.05) is 13.0 Å². The second kappa shape index (κ2) is 10.1. The van der Waals surface area contributed by atoms with Gasteiger partial charge in [-0.1, -0.05) is 42.5 Å². The third kappa shape index (κ3) is 6.47. The summed E-state index contributed by atoms with van der Waals surface area (Å²) in [5.41, 5.74) is 2.01. The summed E-state index contributed by atoms with van der Waals surface area (Å²) in [6.07, 6.45) is 1.85. The number of ether oxygens (including phenoxy) is 1. The quantitative estimate of drug-likeness (QED) is 0.603. The van der Waals surface area contributed by atoms with E-state index in [1.165, 1.54) is 5.56 Å². The third-order valence-corrected chi connectivity index (χ3v) is 3.97. The number of carboxylic acid groups (broad SMARTS) is 1. The molecule has 0 aromatic heterocycles. The number of carbonyl (C=O) groups excluding carboxylic acids is 1. The van der Waals surface area contributed by atoms with Crippen LogP contribution < -0.4 is 15.4 Å². The molecule has 0 saturated heterocycles. The monoisotopic (exact) mass is 356 g/mol. The van der Waals surface area contributed by atoms with Gasteiger partial charge in [0.1, 0.15) is 11.8 Å². The lowest BCUT2D eigenvalue weighted by Gasteiger charge is -2.15. The van der Waals surface area contributed by atoms with Gasteiger partial charge in [0.25, 0.3) is 0 Å². The first-order valence-electron chi connectivity index (χ1n) is 8.52. The minimum atomic E-state index is -1.07. The van der Waals surface area contributed by atoms with E-state index in [-0.39, 0.29) is 6.42 Å². The summed E-state index contributed by atoms with van der Waals surface area (Å²) in [7, 11) is 1.57. The Morgan fingerprint density at radius 3 is 2.35 bits per heavy atom. The lowest BCUT2D eigenvalue weighted by molar-refractivity contribution is -0.139. The normalized spacial score (nSPS) is 11.4. The zero-order valence-electron chi connectivity index (χ0n) is 14.8. The van der Waals surface area contributed by atoms with Crippen LogP contribution in [0.1, 0.15) is 17.5 Å². The molecule has 0 bridgehead atoms. The van der Waals surface area contributed by atoms with Crippen LogP contribution in [-0.4, -0.2) is 36.8 Å². The van der Waals surface area contributed by atoms with E-state index in [0.29, 0.717) is 12.3 Å². The summed E-state index contributed by atoms with van der Waals surface area (Å²) in [4.78, 5) is 23.4. The fourth-order valence-corrected chi connectivity index (χ4v) is 2.55. The molecule has 0 aliphatic rings. The standard InChI is InChI=1S/C20H24N2O4/c1-26-17-11-9-16(10-12-17)14-18(19(23)24)22-20(25)21-13-5-8-15-6-3-2-4-7-15/h2-4,6-7,9-12,18H,5,8,13-14H2,1H3,(H,23,24)(H2,21,22,25)/t18-/m0/s1. The Balaban J connectivity index is 1.76. The van der Waals surface area contributed by atoms with Crippen molar-refractivity contribution in [3.63, 3.8) is 0 Å². The highest BCUT2D eigenvalue weighted by Gasteiger charge is 2.20. The molecule has 2 aromatic rings. The molecular formula is C20H24N2O4. The van der Waals surface area contributed by atoms with Gasteiger partial charge in [-0.15, -0.1) is 0 Å². The number of aliphatic carboxylic acids is 1. The van der Waals surface area contributed by atoms with E-state index < -0.39 is 18.0 Å². The minimum Gasteiger partial charge on any atom is -0.497 e. The predicted octanol–water partition coefficient (Wildman–Crippen LogP) is 2.62. The molecule has 2 aromatic carbocycles. The number of aryl methyl sites for hydroxylation is 1. The van der Waals surface area contributed by atoms with Gasteiger partial charge in [0.2, 0.25) is 0 Å². The second-order valence-electron chi connectivity index (χ2n) is 5.93. The van der Waals surface area contributed by atoms with Crippen molar-refractivity contribution in [1.29, 1.82) is 0 Å². The van der Waals surface area contributed by atoms with Gasteiger partial charge in [0.05, 0.1) is 7.11 Å². The Hall–Kier alpha value is -3.02. The molecule has 6 heteroatoms. The average Bonchev–Trinajstić information content (AvgIpc) is 2.66. The fourth-order valence-electron chi connectivity index (χ4n) is 2.55. The van der Waals surface area contributed by atoms with E-state index in [9.17, 15) is 14.7 Å². The van der Waals surface area contributed by atoms with Crippen LogP contribution in [0.3, 0.4) is 0 Å². The topological polar surface area (TPSA) is 87.7 Å². The van der Waals surface area contributed by atoms with Crippen LogP contribution in [0, 0.1) is 0 Å². The number of amides is 2. The van der Waals surface area contributed by atoms with Crippen molar-refractivity contribution in [3.05, 3.63) is 65.7 Å². The van der Waals surface area contributed by atoms with Gasteiger partial charge in [-0.25, -0.2) is 9.59 Å². The van der Waals surface area contributed by atoms with Crippen LogP contribution in [-0.2, 0) is 17.6 Å². The Bertz CT molecular complexity index is 702. The minimum absolute atomic E-state index is 0.205. The maximum Gasteiger partial charge on any atom is 0.326 e. The first kappa shape index (κ1) is 19.3. The number of carbonyl (C=O) groups is 2. The number of rotatable bonds is 9. The number of benzene rings is 2. The molecule has 0 saturated carbocycles. The van der Waals surface area contributed by atoms with Crippen molar-refractivity contribution in [3.8, 4) is 5.75 Å². The number of methoxy groups -OCH3 is 1. The molecule has 2 amide bonds. The zero-order valence-corrected chi connectivity index (χ0v) is 14.8. The lowest BCUT2D eigenvalue weighted by atomic mass is 10.1. The summed E-state index contributed by atoms with van der Waals surface area (Å²) in [6.45, 7) is 0.482. The van der Waals surface area contributed by atoms with Crippen molar-refractivity contribution < 1.29 is 19.4 Å². The number of urea groups is 1. The van der Waals surface area contributed by atoms with E-state index in [0.717, 1.165) is 18.4 Å². The summed E-state index contributed by atoms with van der Waals surface area (Å²) in [5.74, 6) is -0.370. The molecule has 0 aliphatic heterocycles. The second-order valence-corrected chi connectivity index (χ2v) is 5.93. The molecule has 0 heterocycles. The molecule has 1 atom stereocenters.